The average molecular weight is 287 g/mol. The fraction of sp³-hybridized carbons (Fsp3) is 0.611. The van der Waals surface area contributed by atoms with E-state index in [0.29, 0.717) is 12.6 Å². The highest BCUT2D eigenvalue weighted by atomic mass is 16.5. The number of piperidine rings is 2. The molecule has 2 aliphatic rings. The first-order chi connectivity index (χ1) is 10.3. The van der Waals surface area contributed by atoms with Crippen LogP contribution in [0.2, 0.25) is 0 Å². The third-order valence-electron chi connectivity index (χ3n) is 5.15. The molecule has 0 N–H and O–H groups in total. The number of carbonyl (C=O) groups excluding carboxylic acids is 1. The molecule has 2 atom stereocenters. The van der Waals surface area contributed by atoms with Gasteiger partial charge in [0, 0.05) is 6.04 Å². The molecule has 3 heteroatoms. The number of hydrogen-bond donors (Lipinski definition) is 0. The maximum Gasteiger partial charge on any atom is 0.316 e. The maximum absolute atomic E-state index is 12.8. The summed E-state index contributed by atoms with van der Waals surface area (Å²) in [5.41, 5.74) is 0.698. The van der Waals surface area contributed by atoms with Crippen LogP contribution in [0.25, 0.3) is 0 Å². The molecule has 0 bridgehead atoms. The predicted octanol–water partition coefficient (Wildman–Crippen LogP) is 3.14. The van der Waals surface area contributed by atoms with Crippen molar-refractivity contribution in [2.24, 2.45) is 0 Å². The number of ether oxygens (including phenoxy) is 1. The molecule has 2 saturated heterocycles. The van der Waals surface area contributed by atoms with Crippen molar-refractivity contribution in [2.45, 2.75) is 50.5 Å². The summed E-state index contributed by atoms with van der Waals surface area (Å²) in [6, 6.07) is 10.8. The summed E-state index contributed by atoms with van der Waals surface area (Å²) in [6.07, 6.45) is 5.60. The third-order valence-corrected chi connectivity index (χ3v) is 5.15. The van der Waals surface area contributed by atoms with Crippen LogP contribution in [-0.4, -0.2) is 36.6 Å². The molecule has 0 aromatic heterocycles. The van der Waals surface area contributed by atoms with Gasteiger partial charge in [0.1, 0.15) is 0 Å². The van der Waals surface area contributed by atoms with Crippen molar-refractivity contribution in [2.75, 3.05) is 19.7 Å². The maximum atomic E-state index is 12.8. The van der Waals surface area contributed by atoms with Crippen molar-refractivity contribution in [1.82, 2.24) is 4.90 Å². The Morgan fingerprint density at radius 1 is 1.29 bits per heavy atom. The first-order valence-electron chi connectivity index (χ1n) is 8.23. The van der Waals surface area contributed by atoms with Gasteiger partial charge in [0.25, 0.3) is 0 Å². The van der Waals surface area contributed by atoms with Gasteiger partial charge in [-0.05, 0) is 51.3 Å². The van der Waals surface area contributed by atoms with Crippen molar-refractivity contribution >= 4 is 5.97 Å². The molecule has 3 nitrogen and oxygen atoms in total. The Bertz CT molecular complexity index is 487. The predicted molar refractivity (Wildman–Crippen MR) is 83.2 cm³/mol. The smallest absolute Gasteiger partial charge is 0.316 e. The van der Waals surface area contributed by atoms with Crippen molar-refractivity contribution in [3.8, 4) is 0 Å². The molecular formula is C18H25NO2. The van der Waals surface area contributed by atoms with E-state index in [-0.39, 0.29) is 5.97 Å². The Morgan fingerprint density at radius 2 is 2.10 bits per heavy atom. The van der Waals surface area contributed by atoms with Crippen LogP contribution in [0.15, 0.2) is 30.3 Å². The van der Waals surface area contributed by atoms with Gasteiger partial charge in [0.2, 0.25) is 0 Å². The molecule has 0 amide bonds. The van der Waals surface area contributed by atoms with Gasteiger partial charge in [0.15, 0.2) is 0 Å². The molecule has 1 aromatic carbocycles. The largest absolute Gasteiger partial charge is 0.465 e. The molecule has 2 fully saturated rings. The molecule has 3 rings (SSSR count). The van der Waals surface area contributed by atoms with Gasteiger partial charge in [0.05, 0.1) is 12.0 Å². The Kier molecular flexibility index (Phi) is 4.29. The Balaban J connectivity index is 1.92. The number of hydrogen-bond acceptors (Lipinski definition) is 3. The van der Waals surface area contributed by atoms with Crippen molar-refractivity contribution in [1.29, 1.82) is 0 Å². The molecule has 0 unspecified atom stereocenters. The van der Waals surface area contributed by atoms with Gasteiger partial charge in [-0.2, -0.15) is 0 Å². The van der Waals surface area contributed by atoms with Crippen LogP contribution in [0.4, 0.5) is 0 Å². The Labute approximate surface area is 127 Å². The fourth-order valence-electron chi connectivity index (χ4n) is 4.02. The number of carbonyl (C=O) groups is 1. The van der Waals surface area contributed by atoms with E-state index in [0.717, 1.165) is 24.9 Å². The van der Waals surface area contributed by atoms with Crippen LogP contribution in [0.5, 0.6) is 0 Å². The summed E-state index contributed by atoms with van der Waals surface area (Å²) in [7, 11) is 0. The minimum Gasteiger partial charge on any atom is -0.465 e. The first-order valence-corrected chi connectivity index (χ1v) is 8.23. The lowest BCUT2D eigenvalue weighted by molar-refractivity contribution is -0.153. The molecule has 2 aliphatic heterocycles. The fourth-order valence-corrected chi connectivity index (χ4v) is 4.02. The molecule has 0 spiro atoms. The second-order valence-electron chi connectivity index (χ2n) is 6.31. The summed E-state index contributed by atoms with van der Waals surface area (Å²) >= 11 is 0. The molecule has 21 heavy (non-hydrogen) atoms. The lowest BCUT2D eigenvalue weighted by Gasteiger charge is -2.47. The molecule has 0 saturated carbocycles. The number of esters is 1. The summed E-state index contributed by atoms with van der Waals surface area (Å²) in [4.78, 5) is 15.3. The van der Waals surface area contributed by atoms with Gasteiger partial charge >= 0.3 is 5.97 Å². The number of nitrogens with zero attached hydrogens (tertiary/aromatic N) is 1. The number of benzene rings is 1. The van der Waals surface area contributed by atoms with Crippen LogP contribution in [0.1, 0.15) is 44.6 Å². The minimum atomic E-state index is -0.435. The van der Waals surface area contributed by atoms with Crippen LogP contribution < -0.4 is 0 Å². The van der Waals surface area contributed by atoms with Crippen molar-refractivity contribution in [3.05, 3.63) is 35.9 Å². The second kappa shape index (κ2) is 6.18. The van der Waals surface area contributed by atoms with Crippen LogP contribution in [0.3, 0.4) is 0 Å². The van der Waals surface area contributed by atoms with E-state index in [4.69, 9.17) is 4.74 Å². The minimum absolute atomic E-state index is 0.0265. The van der Waals surface area contributed by atoms with Gasteiger partial charge < -0.3 is 9.64 Å². The molecule has 1 aromatic rings. The quantitative estimate of drug-likeness (QED) is 0.800. The lowest BCUT2D eigenvalue weighted by atomic mass is 9.69. The monoisotopic (exact) mass is 287 g/mol. The van der Waals surface area contributed by atoms with E-state index < -0.39 is 5.41 Å². The summed E-state index contributed by atoms with van der Waals surface area (Å²) in [6.45, 7) is 4.56. The number of fused-ring (bicyclic) bond motifs is 1. The highest BCUT2D eigenvalue weighted by molar-refractivity contribution is 5.83. The Morgan fingerprint density at radius 3 is 2.86 bits per heavy atom. The zero-order chi connectivity index (χ0) is 14.7. The van der Waals surface area contributed by atoms with E-state index in [1.165, 1.54) is 25.8 Å². The van der Waals surface area contributed by atoms with Crippen LogP contribution >= 0.6 is 0 Å². The van der Waals surface area contributed by atoms with E-state index in [9.17, 15) is 4.79 Å². The van der Waals surface area contributed by atoms with E-state index in [2.05, 4.69) is 17.0 Å². The molecular weight excluding hydrogens is 262 g/mol. The van der Waals surface area contributed by atoms with E-state index >= 15 is 0 Å². The Hall–Kier alpha value is -1.35. The third kappa shape index (κ3) is 2.71. The molecule has 0 aliphatic carbocycles. The second-order valence-corrected chi connectivity index (χ2v) is 6.31. The van der Waals surface area contributed by atoms with Gasteiger partial charge in [-0.3, -0.25) is 4.79 Å². The highest BCUT2D eigenvalue weighted by Crippen LogP contribution is 2.41. The summed E-state index contributed by atoms with van der Waals surface area (Å²) in [5, 5.41) is 0. The van der Waals surface area contributed by atoms with E-state index in [1.54, 1.807) is 0 Å². The standard InChI is InChI=1S/C18H25NO2/c1-2-21-17(20)18(15-8-4-3-5-9-15)11-13-19-12-7-6-10-16(19)14-18/h3-5,8-9,16H,2,6-7,10-14H2,1H3/t16-,18+/m0/s1. The van der Waals surface area contributed by atoms with Gasteiger partial charge in [-0.25, -0.2) is 0 Å². The normalized spacial score (nSPS) is 29.7. The topological polar surface area (TPSA) is 29.5 Å². The van der Waals surface area contributed by atoms with Gasteiger partial charge in [-0.15, -0.1) is 0 Å². The zero-order valence-corrected chi connectivity index (χ0v) is 12.9. The van der Waals surface area contributed by atoms with Crippen LogP contribution in [-0.2, 0) is 14.9 Å². The zero-order valence-electron chi connectivity index (χ0n) is 12.9. The summed E-state index contributed by atoms with van der Waals surface area (Å²) in [5.74, 6) is -0.0265. The molecule has 0 radical (unpaired) electrons. The first kappa shape index (κ1) is 14.6. The lowest BCUT2D eigenvalue weighted by Crippen LogP contribution is -2.54. The van der Waals surface area contributed by atoms with Crippen molar-refractivity contribution < 1.29 is 9.53 Å². The highest BCUT2D eigenvalue weighted by Gasteiger charge is 2.47. The molecule has 114 valence electrons. The van der Waals surface area contributed by atoms with Gasteiger partial charge in [-0.1, -0.05) is 36.8 Å². The van der Waals surface area contributed by atoms with Crippen molar-refractivity contribution in [3.63, 3.8) is 0 Å². The van der Waals surface area contributed by atoms with E-state index in [1.807, 2.05) is 25.1 Å². The summed E-state index contributed by atoms with van der Waals surface area (Å²) < 4.78 is 5.46. The number of rotatable bonds is 3. The SMILES string of the molecule is CCOC(=O)[C@]1(c2ccccc2)CCN2CCCC[C@H]2C1. The van der Waals surface area contributed by atoms with Crippen LogP contribution in [0, 0.1) is 0 Å². The average Bonchev–Trinajstić information content (AvgIpc) is 2.55. The molecule has 2 heterocycles.